The molecule has 0 aromatic rings. The lowest BCUT2D eigenvalue weighted by molar-refractivity contribution is 0.115. The molecule has 0 aliphatic carbocycles. The lowest BCUT2D eigenvalue weighted by atomic mass is 10.0. The lowest BCUT2D eigenvalue weighted by Crippen LogP contribution is -2.42. The van der Waals surface area contributed by atoms with Crippen LogP contribution in [0.25, 0.3) is 0 Å². The Hall–Kier alpha value is 0.0969. The van der Waals surface area contributed by atoms with E-state index in [1.807, 2.05) is 0 Å². The van der Waals surface area contributed by atoms with Crippen LogP contribution in [0, 0.1) is 5.92 Å². The summed E-state index contributed by atoms with van der Waals surface area (Å²) >= 11 is 0. The van der Waals surface area contributed by atoms with Gasteiger partial charge in [0.05, 0.1) is 13.2 Å². The molecule has 3 atom stereocenters. The summed E-state index contributed by atoms with van der Waals surface area (Å²) in [6.45, 7) is 8.37. The molecule has 0 amide bonds. The van der Waals surface area contributed by atoms with Crippen molar-refractivity contribution in [3.05, 3.63) is 0 Å². The van der Waals surface area contributed by atoms with Crippen LogP contribution in [0.5, 0.6) is 0 Å². The first-order valence-corrected chi connectivity index (χ1v) is 13.1. The number of rotatable bonds is 14. The quantitative estimate of drug-likeness (QED) is 0.232. The Kier molecular flexibility index (Phi) is 9.92. The topological polar surface area (TPSA) is 31.0 Å². The van der Waals surface area contributed by atoms with Crippen LogP contribution in [0.4, 0.5) is 0 Å². The highest BCUT2D eigenvalue weighted by Gasteiger charge is 2.37. The van der Waals surface area contributed by atoms with E-state index in [2.05, 4.69) is 13.8 Å². The Morgan fingerprint density at radius 3 is 2.67 bits per heavy atom. The maximum atomic E-state index is 6.48. The molecule has 2 rings (SSSR count). The molecule has 24 heavy (non-hydrogen) atoms. The molecule has 0 spiro atoms. The van der Waals surface area contributed by atoms with Gasteiger partial charge in [0.1, 0.15) is 6.10 Å². The average Bonchev–Trinajstić information content (AvgIpc) is 3.39. The molecular formula is C20H40O3Si. The highest BCUT2D eigenvalue weighted by atomic mass is 28.4. The van der Waals surface area contributed by atoms with Gasteiger partial charge in [-0.05, 0) is 36.9 Å². The molecule has 0 aromatic carbocycles. The maximum Gasteiger partial charge on any atom is 0.193 e. The molecule has 2 fully saturated rings. The van der Waals surface area contributed by atoms with E-state index in [-0.39, 0.29) is 0 Å². The Balaban J connectivity index is 1.63. The fourth-order valence-electron chi connectivity index (χ4n) is 4.08. The van der Waals surface area contributed by atoms with E-state index in [0.29, 0.717) is 6.10 Å². The molecule has 0 bridgehead atoms. The second-order valence-electron chi connectivity index (χ2n) is 8.13. The third kappa shape index (κ3) is 8.46. The van der Waals surface area contributed by atoms with Crippen molar-refractivity contribution in [1.29, 1.82) is 0 Å². The van der Waals surface area contributed by atoms with Gasteiger partial charge in [-0.3, -0.25) is 0 Å². The summed E-state index contributed by atoms with van der Waals surface area (Å²) < 4.78 is 17.4. The molecule has 3 nitrogen and oxygen atoms in total. The van der Waals surface area contributed by atoms with Crippen molar-refractivity contribution in [1.82, 2.24) is 0 Å². The number of ether oxygens (including phenoxy) is 2. The highest BCUT2D eigenvalue weighted by Crippen LogP contribution is 2.35. The van der Waals surface area contributed by atoms with E-state index in [0.717, 1.165) is 32.3 Å². The van der Waals surface area contributed by atoms with Crippen LogP contribution in [0.1, 0.15) is 71.6 Å². The smallest absolute Gasteiger partial charge is 0.193 e. The van der Waals surface area contributed by atoms with Gasteiger partial charge in [0.2, 0.25) is 0 Å². The molecular weight excluding hydrogens is 316 g/mol. The number of unbranched alkanes of at least 4 members (excludes halogenated alkanes) is 4. The molecule has 0 N–H and O–H groups in total. The Bertz CT molecular complexity index is 314. The molecule has 4 heteroatoms. The molecule has 0 aromatic heterocycles. The van der Waals surface area contributed by atoms with Crippen LogP contribution in [0.15, 0.2) is 0 Å². The van der Waals surface area contributed by atoms with Crippen molar-refractivity contribution in [2.45, 2.75) is 95.9 Å². The van der Waals surface area contributed by atoms with Crippen LogP contribution in [0.2, 0.25) is 18.1 Å². The van der Waals surface area contributed by atoms with Gasteiger partial charge >= 0.3 is 0 Å². The van der Waals surface area contributed by atoms with E-state index in [9.17, 15) is 0 Å². The first-order chi connectivity index (χ1) is 11.7. The summed E-state index contributed by atoms with van der Waals surface area (Å²) in [6, 6.07) is 4.07. The Morgan fingerprint density at radius 1 is 1.12 bits per heavy atom. The van der Waals surface area contributed by atoms with Crippen molar-refractivity contribution in [3.63, 3.8) is 0 Å². The van der Waals surface area contributed by atoms with Crippen molar-refractivity contribution in [3.8, 4) is 0 Å². The Morgan fingerprint density at radius 2 is 1.96 bits per heavy atom. The van der Waals surface area contributed by atoms with E-state index >= 15 is 0 Å². The standard InChI is InChI=1S/C20H40O3Si/c1-3-4-5-6-7-11-19(2)18-24(14-9-8-13-23-24)15-10-12-21-16-20-17-22-20/h19-20H,3-18H2,1-2H3. The second-order valence-corrected chi connectivity index (χ2v) is 12.2. The zero-order valence-corrected chi connectivity index (χ0v) is 17.2. The second kappa shape index (κ2) is 11.7. The lowest BCUT2D eigenvalue weighted by Gasteiger charge is -2.37. The summed E-state index contributed by atoms with van der Waals surface area (Å²) in [7, 11) is -1.49. The molecule has 2 saturated heterocycles. The van der Waals surface area contributed by atoms with Crippen molar-refractivity contribution < 1.29 is 13.9 Å². The van der Waals surface area contributed by atoms with Crippen LogP contribution < -0.4 is 0 Å². The van der Waals surface area contributed by atoms with Crippen LogP contribution >= 0.6 is 0 Å². The third-order valence-corrected chi connectivity index (χ3v) is 10.4. The van der Waals surface area contributed by atoms with Crippen LogP contribution in [-0.4, -0.2) is 40.8 Å². The van der Waals surface area contributed by atoms with Gasteiger partial charge in [0, 0.05) is 13.2 Å². The predicted molar refractivity (Wildman–Crippen MR) is 103 cm³/mol. The van der Waals surface area contributed by atoms with Crippen LogP contribution in [0.3, 0.4) is 0 Å². The van der Waals surface area contributed by atoms with Gasteiger partial charge < -0.3 is 13.9 Å². The average molecular weight is 357 g/mol. The monoisotopic (exact) mass is 356 g/mol. The van der Waals surface area contributed by atoms with E-state index < -0.39 is 8.32 Å². The van der Waals surface area contributed by atoms with Gasteiger partial charge in [-0.25, -0.2) is 0 Å². The van der Waals surface area contributed by atoms with Gasteiger partial charge in [0.15, 0.2) is 8.32 Å². The minimum Gasteiger partial charge on any atom is -0.417 e. The molecule has 0 saturated carbocycles. The third-order valence-electron chi connectivity index (χ3n) is 5.58. The van der Waals surface area contributed by atoms with Crippen molar-refractivity contribution in [2.24, 2.45) is 5.92 Å². The van der Waals surface area contributed by atoms with Gasteiger partial charge in [0.25, 0.3) is 0 Å². The fourth-order valence-corrected chi connectivity index (χ4v) is 8.88. The fraction of sp³-hybridized carbons (Fsp3) is 1.00. The highest BCUT2D eigenvalue weighted by molar-refractivity contribution is 6.74. The summed E-state index contributed by atoms with van der Waals surface area (Å²) in [5.41, 5.74) is 0. The summed E-state index contributed by atoms with van der Waals surface area (Å²) in [5.74, 6) is 0.845. The van der Waals surface area contributed by atoms with E-state index in [4.69, 9.17) is 13.9 Å². The molecule has 3 unspecified atom stereocenters. The van der Waals surface area contributed by atoms with Crippen LogP contribution in [-0.2, 0) is 13.9 Å². The van der Waals surface area contributed by atoms with Gasteiger partial charge in [-0.1, -0.05) is 58.8 Å². The molecule has 2 aliphatic heterocycles. The number of hydrogen-bond acceptors (Lipinski definition) is 3. The summed E-state index contributed by atoms with van der Waals surface area (Å²) in [6.07, 6.45) is 12.7. The largest absolute Gasteiger partial charge is 0.417 e. The normalized spacial score (nSPS) is 28.0. The zero-order valence-electron chi connectivity index (χ0n) is 16.2. The molecule has 2 heterocycles. The summed E-state index contributed by atoms with van der Waals surface area (Å²) in [4.78, 5) is 0. The van der Waals surface area contributed by atoms with Gasteiger partial charge in [-0.2, -0.15) is 0 Å². The minimum atomic E-state index is -1.49. The molecule has 142 valence electrons. The first-order valence-electron chi connectivity index (χ1n) is 10.6. The molecule has 2 aliphatic rings. The SMILES string of the molecule is CCCCCCCC(C)C[Si]1(CCCOCC2CO2)CCCCO1. The first kappa shape index (κ1) is 20.4. The Labute approximate surface area is 151 Å². The van der Waals surface area contributed by atoms with Crippen molar-refractivity contribution >= 4 is 8.32 Å². The van der Waals surface area contributed by atoms with Crippen molar-refractivity contribution in [2.75, 3.05) is 26.4 Å². The maximum absolute atomic E-state index is 6.48. The van der Waals surface area contributed by atoms with Gasteiger partial charge in [-0.15, -0.1) is 0 Å². The predicted octanol–water partition coefficient (Wildman–Crippen LogP) is 5.54. The zero-order chi connectivity index (χ0) is 17.1. The van der Waals surface area contributed by atoms with E-state index in [1.54, 1.807) is 0 Å². The number of epoxide rings is 1. The number of hydrogen-bond donors (Lipinski definition) is 0. The summed E-state index contributed by atoms with van der Waals surface area (Å²) in [5, 5.41) is 0. The molecule has 0 radical (unpaired) electrons. The van der Waals surface area contributed by atoms with E-state index in [1.165, 1.54) is 75.9 Å². The minimum absolute atomic E-state index is 0.398.